The zero-order chi connectivity index (χ0) is 24.7. The molecule has 3 rings (SSSR count). The summed E-state index contributed by atoms with van der Waals surface area (Å²) in [5.74, 6) is 2.40. The van der Waals surface area contributed by atoms with Crippen LogP contribution in [0.3, 0.4) is 0 Å². The number of aromatic nitrogens is 1. The molecule has 0 fully saturated rings. The van der Waals surface area contributed by atoms with E-state index in [2.05, 4.69) is 48.6 Å². The molecule has 0 bridgehead atoms. The maximum atomic E-state index is 12.5. The number of benzene rings is 2. The third-order valence-electron chi connectivity index (χ3n) is 5.65. The molecule has 1 N–H and O–H groups in total. The van der Waals surface area contributed by atoms with Gasteiger partial charge in [-0.25, -0.2) is 0 Å². The van der Waals surface area contributed by atoms with Crippen LogP contribution < -0.4 is 14.8 Å². The van der Waals surface area contributed by atoms with Crippen LogP contribution in [0.2, 0.25) is 0 Å². The average Bonchev–Trinajstić information content (AvgIpc) is 3.13. The van der Waals surface area contributed by atoms with E-state index in [9.17, 15) is 4.79 Å². The van der Waals surface area contributed by atoms with Crippen molar-refractivity contribution in [1.82, 2.24) is 10.5 Å². The normalized spacial score (nSPS) is 12.2. The van der Waals surface area contributed by atoms with Gasteiger partial charge in [-0.1, -0.05) is 49.3 Å². The van der Waals surface area contributed by atoms with Crippen molar-refractivity contribution < 1.29 is 18.8 Å². The Kier molecular flexibility index (Phi) is 8.52. The second-order valence-electron chi connectivity index (χ2n) is 8.90. The van der Waals surface area contributed by atoms with Crippen LogP contribution in [0, 0.1) is 19.8 Å². The van der Waals surface area contributed by atoms with E-state index in [1.165, 1.54) is 11.6 Å². The molecule has 180 valence electrons. The molecule has 2 aromatic carbocycles. The Morgan fingerprint density at radius 3 is 2.44 bits per heavy atom. The largest absolute Gasteiger partial charge is 0.493 e. The number of nitrogens with one attached hydrogen (secondary N) is 1. The van der Waals surface area contributed by atoms with Crippen LogP contribution in [0.15, 0.2) is 53.1 Å². The molecule has 6 nitrogen and oxygen atoms in total. The molecule has 0 saturated heterocycles. The zero-order valence-electron chi connectivity index (χ0n) is 20.8. The number of nitrogens with zero attached hydrogens (tertiary/aromatic N) is 1. The van der Waals surface area contributed by atoms with Gasteiger partial charge in [-0.3, -0.25) is 4.79 Å². The van der Waals surface area contributed by atoms with Crippen LogP contribution in [-0.2, 0) is 17.8 Å². The molecular weight excluding hydrogens is 428 g/mol. The molecule has 0 saturated carbocycles. The number of carbonyl (C=O) groups is 1. The number of amides is 1. The third kappa shape index (κ3) is 6.73. The van der Waals surface area contributed by atoms with E-state index >= 15 is 0 Å². The molecular formula is C28H34N2O4. The molecule has 34 heavy (non-hydrogen) atoms. The van der Waals surface area contributed by atoms with Gasteiger partial charge in [0.15, 0.2) is 11.5 Å². The Morgan fingerprint density at radius 2 is 1.82 bits per heavy atom. The Hall–Kier alpha value is -3.54. The molecule has 0 aliphatic heterocycles. The molecule has 3 aromatic rings. The number of aryl methyl sites for hydroxylation is 2. The van der Waals surface area contributed by atoms with Crippen LogP contribution in [-0.4, -0.2) is 18.2 Å². The zero-order valence-corrected chi connectivity index (χ0v) is 20.8. The molecule has 1 atom stereocenters. The van der Waals surface area contributed by atoms with Gasteiger partial charge in [0.05, 0.1) is 24.4 Å². The minimum absolute atomic E-state index is 0.0834. The lowest BCUT2D eigenvalue weighted by atomic mass is 10.00. The molecule has 1 unspecified atom stereocenters. The monoisotopic (exact) mass is 462 g/mol. The lowest BCUT2D eigenvalue weighted by molar-refractivity contribution is -0.117. The molecule has 0 spiro atoms. The summed E-state index contributed by atoms with van der Waals surface area (Å²) in [7, 11) is 1.59. The summed E-state index contributed by atoms with van der Waals surface area (Å²) >= 11 is 0. The standard InChI is InChI=1S/C28H34N2O4/c1-18(2)15-22-7-11-24(12-8-22)19(3)29-28(31)14-10-23-9-13-26(27(16-23)32-6)33-17-25-20(4)30-34-21(25)5/h7-14,16,18-19H,15,17H2,1-6H3,(H,29,31)/b14-10+. The summed E-state index contributed by atoms with van der Waals surface area (Å²) < 4.78 is 16.6. The van der Waals surface area contributed by atoms with E-state index in [0.717, 1.165) is 34.6 Å². The van der Waals surface area contributed by atoms with E-state index in [1.807, 2.05) is 39.0 Å². The van der Waals surface area contributed by atoms with E-state index in [-0.39, 0.29) is 11.9 Å². The molecule has 1 amide bonds. The van der Waals surface area contributed by atoms with Crippen molar-refractivity contribution in [2.24, 2.45) is 5.92 Å². The third-order valence-corrected chi connectivity index (χ3v) is 5.65. The first-order valence-electron chi connectivity index (χ1n) is 11.6. The number of carbonyl (C=O) groups excluding carboxylic acids is 1. The van der Waals surface area contributed by atoms with Gasteiger partial charge in [0, 0.05) is 6.08 Å². The topological polar surface area (TPSA) is 73.6 Å². The van der Waals surface area contributed by atoms with Crippen molar-refractivity contribution >= 4 is 12.0 Å². The van der Waals surface area contributed by atoms with E-state index in [4.69, 9.17) is 14.0 Å². The summed E-state index contributed by atoms with van der Waals surface area (Å²) in [6.07, 6.45) is 4.34. The summed E-state index contributed by atoms with van der Waals surface area (Å²) in [6, 6.07) is 13.9. The molecule has 0 aliphatic rings. The maximum Gasteiger partial charge on any atom is 0.244 e. The van der Waals surface area contributed by atoms with Crippen LogP contribution in [0.1, 0.15) is 60.5 Å². The van der Waals surface area contributed by atoms with Crippen molar-refractivity contribution in [3.8, 4) is 11.5 Å². The second kappa shape index (κ2) is 11.5. The quantitative estimate of drug-likeness (QED) is 0.376. The highest BCUT2D eigenvalue weighted by Crippen LogP contribution is 2.30. The number of hydrogen-bond acceptors (Lipinski definition) is 5. The number of methoxy groups -OCH3 is 1. The highest BCUT2D eigenvalue weighted by Gasteiger charge is 2.12. The SMILES string of the molecule is COc1cc(/C=C/C(=O)NC(C)c2ccc(CC(C)C)cc2)ccc1OCc1c(C)noc1C. The molecule has 0 radical (unpaired) electrons. The van der Waals surface area contributed by atoms with Crippen molar-refractivity contribution in [2.75, 3.05) is 7.11 Å². The molecule has 1 heterocycles. The Morgan fingerprint density at radius 1 is 1.09 bits per heavy atom. The van der Waals surface area contributed by atoms with Gasteiger partial charge in [-0.2, -0.15) is 0 Å². The molecule has 6 heteroatoms. The van der Waals surface area contributed by atoms with E-state index in [1.54, 1.807) is 13.2 Å². The van der Waals surface area contributed by atoms with Gasteiger partial charge in [0.1, 0.15) is 12.4 Å². The summed E-state index contributed by atoms with van der Waals surface area (Å²) in [5.41, 5.74) is 4.96. The molecule has 1 aromatic heterocycles. The fourth-order valence-corrected chi connectivity index (χ4v) is 3.70. The summed E-state index contributed by atoms with van der Waals surface area (Å²) in [4.78, 5) is 12.5. The van der Waals surface area contributed by atoms with Gasteiger partial charge in [-0.15, -0.1) is 0 Å². The van der Waals surface area contributed by atoms with Crippen LogP contribution >= 0.6 is 0 Å². The van der Waals surface area contributed by atoms with Crippen molar-refractivity contribution in [1.29, 1.82) is 0 Å². The van der Waals surface area contributed by atoms with E-state index in [0.29, 0.717) is 24.0 Å². The van der Waals surface area contributed by atoms with Gasteiger partial charge in [-0.05, 0) is 68.0 Å². The second-order valence-corrected chi connectivity index (χ2v) is 8.90. The Bertz CT molecular complexity index is 1110. The lowest BCUT2D eigenvalue weighted by Gasteiger charge is -2.14. The first-order valence-corrected chi connectivity index (χ1v) is 11.6. The lowest BCUT2D eigenvalue weighted by Crippen LogP contribution is -2.24. The summed E-state index contributed by atoms with van der Waals surface area (Å²) in [6.45, 7) is 10.5. The van der Waals surface area contributed by atoms with Gasteiger partial charge < -0.3 is 19.3 Å². The minimum Gasteiger partial charge on any atom is -0.493 e. The van der Waals surface area contributed by atoms with Gasteiger partial charge in [0.2, 0.25) is 5.91 Å². The number of hydrogen-bond donors (Lipinski definition) is 1. The minimum atomic E-state index is -0.156. The van der Waals surface area contributed by atoms with Gasteiger partial charge >= 0.3 is 0 Å². The molecule has 0 aliphatic carbocycles. The van der Waals surface area contributed by atoms with Crippen LogP contribution in [0.25, 0.3) is 6.08 Å². The van der Waals surface area contributed by atoms with Crippen molar-refractivity contribution in [3.63, 3.8) is 0 Å². The maximum absolute atomic E-state index is 12.5. The number of rotatable bonds is 10. The fourth-order valence-electron chi connectivity index (χ4n) is 3.70. The fraction of sp³-hybridized carbons (Fsp3) is 0.357. The Balaban J connectivity index is 1.59. The predicted octanol–water partition coefficient (Wildman–Crippen LogP) is 5.97. The number of ether oxygens (including phenoxy) is 2. The highest BCUT2D eigenvalue weighted by molar-refractivity contribution is 5.92. The van der Waals surface area contributed by atoms with Gasteiger partial charge in [0.25, 0.3) is 0 Å². The van der Waals surface area contributed by atoms with Crippen LogP contribution in [0.4, 0.5) is 0 Å². The summed E-state index contributed by atoms with van der Waals surface area (Å²) in [5, 5.41) is 6.96. The average molecular weight is 463 g/mol. The predicted molar refractivity (Wildman–Crippen MR) is 134 cm³/mol. The van der Waals surface area contributed by atoms with Crippen LogP contribution in [0.5, 0.6) is 11.5 Å². The van der Waals surface area contributed by atoms with E-state index < -0.39 is 0 Å². The Labute approximate surface area is 202 Å². The first kappa shape index (κ1) is 25.1. The van der Waals surface area contributed by atoms with Crippen molar-refractivity contribution in [3.05, 3.63) is 82.2 Å². The smallest absolute Gasteiger partial charge is 0.244 e. The first-order chi connectivity index (χ1) is 16.3. The van der Waals surface area contributed by atoms with Crippen molar-refractivity contribution in [2.45, 2.75) is 53.7 Å². The highest BCUT2D eigenvalue weighted by atomic mass is 16.5.